The van der Waals surface area contributed by atoms with Crippen LogP contribution in [0.1, 0.15) is 49.4 Å². The fraction of sp³-hybridized carbons (Fsp3) is 0.733. The molecule has 2 aliphatic rings. The minimum absolute atomic E-state index is 0.378. The lowest BCUT2D eigenvalue weighted by atomic mass is 9.77. The van der Waals surface area contributed by atoms with Crippen molar-refractivity contribution in [1.82, 2.24) is 4.90 Å². The number of nitrogens with zero attached hydrogens (tertiary/aromatic N) is 1. The fourth-order valence-electron chi connectivity index (χ4n) is 3.97. The van der Waals surface area contributed by atoms with Crippen molar-refractivity contribution in [3.05, 3.63) is 21.3 Å². The highest BCUT2D eigenvalue weighted by Crippen LogP contribution is 2.40. The molecule has 2 nitrogen and oxygen atoms in total. The van der Waals surface area contributed by atoms with Crippen LogP contribution in [-0.2, 0) is 0 Å². The van der Waals surface area contributed by atoms with Crippen molar-refractivity contribution in [3.8, 4) is 0 Å². The Kier molecular flexibility index (Phi) is 4.47. The smallest absolute Gasteiger partial charge is 0.0931 e. The molecule has 1 aliphatic carbocycles. The van der Waals surface area contributed by atoms with Crippen LogP contribution in [0.2, 0.25) is 4.34 Å². The predicted molar refractivity (Wildman–Crippen MR) is 82.8 cm³/mol. The second-order valence-electron chi connectivity index (χ2n) is 5.89. The second kappa shape index (κ2) is 6.13. The Hall–Kier alpha value is -0.0900. The van der Waals surface area contributed by atoms with Crippen molar-refractivity contribution in [3.63, 3.8) is 0 Å². The zero-order valence-corrected chi connectivity index (χ0v) is 12.9. The second-order valence-corrected chi connectivity index (χ2v) is 7.63. The number of rotatable bonds is 3. The zero-order valence-electron chi connectivity index (χ0n) is 11.4. The number of halogens is 1. The van der Waals surface area contributed by atoms with Crippen molar-refractivity contribution in [1.29, 1.82) is 0 Å². The van der Waals surface area contributed by atoms with Gasteiger partial charge in [0.25, 0.3) is 0 Å². The molecule has 1 aromatic heterocycles. The monoisotopic (exact) mass is 298 g/mol. The zero-order chi connectivity index (χ0) is 13.2. The first-order valence-electron chi connectivity index (χ1n) is 7.50. The molecule has 1 aliphatic heterocycles. The number of fused-ring (bicyclic) bond motifs is 1. The van der Waals surface area contributed by atoms with E-state index in [1.807, 2.05) is 6.07 Å². The fourth-order valence-corrected chi connectivity index (χ4v) is 5.17. The Morgan fingerprint density at radius 2 is 2.05 bits per heavy atom. The summed E-state index contributed by atoms with van der Waals surface area (Å²) in [7, 11) is 0. The lowest BCUT2D eigenvalue weighted by Gasteiger charge is -2.47. The largest absolute Gasteiger partial charge is 0.329 e. The first-order chi connectivity index (χ1) is 9.29. The van der Waals surface area contributed by atoms with Crippen LogP contribution in [0.15, 0.2) is 12.1 Å². The average Bonchev–Trinajstić information content (AvgIpc) is 2.86. The third-order valence-electron chi connectivity index (χ3n) is 4.83. The van der Waals surface area contributed by atoms with Crippen molar-refractivity contribution < 1.29 is 0 Å². The van der Waals surface area contributed by atoms with Gasteiger partial charge in [-0.2, -0.15) is 0 Å². The summed E-state index contributed by atoms with van der Waals surface area (Å²) >= 11 is 7.79. The molecule has 106 valence electrons. The number of hydrogen-bond acceptors (Lipinski definition) is 3. The molecule has 0 bridgehead atoms. The molecule has 2 N–H and O–H groups in total. The van der Waals surface area contributed by atoms with E-state index in [0.29, 0.717) is 12.6 Å². The summed E-state index contributed by atoms with van der Waals surface area (Å²) in [5, 5.41) is 0. The highest BCUT2D eigenvalue weighted by atomic mass is 35.5. The van der Waals surface area contributed by atoms with Gasteiger partial charge in [0.05, 0.1) is 10.4 Å². The van der Waals surface area contributed by atoms with Crippen LogP contribution in [-0.4, -0.2) is 24.0 Å². The molecule has 1 aromatic rings. The Balaban J connectivity index is 1.81. The number of nitrogens with two attached hydrogens (primary N) is 1. The number of hydrogen-bond donors (Lipinski definition) is 1. The number of thiophene rings is 1. The van der Waals surface area contributed by atoms with E-state index >= 15 is 0 Å². The Bertz CT molecular complexity index is 418. The lowest BCUT2D eigenvalue weighted by Crippen LogP contribution is -2.49. The summed E-state index contributed by atoms with van der Waals surface area (Å²) in [4.78, 5) is 4.04. The molecule has 0 spiro atoms. The van der Waals surface area contributed by atoms with Gasteiger partial charge in [0, 0.05) is 17.5 Å². The highest BCUT2D eigenvalue weighted by Gasteiger charge is 2.36. The van der Waals surface area contributed by atoms with Crippen LogP contribution in [0.3, 0.4) is 0 Å². The minimum Gasteiger partial charge on any atom is -0.329 e. The van der Waals surface area contributed by atoms with Crippen LogP contribution >= 0.6 is 22.9 Å². The summed E-state index contributed by atoms with van der Waals surface area (Å²) in [6.07, 6.45) is 8.34. The Morgan fingerprint density at radius 3 is 2.79 bits per heavy atom. The van der Waals surface area contributed by atoms with Crippen molar-refractivity contribution in [2.24, 2.45) is 11.7 Å². The molecule has 3 atom stereocenters. The van der Waals surface area contributed by atoms with E-state index in [1.54, 1.807) is 11.3 Å². The summed E-state index contributed by atoms with van der Waals surface area (Å²) in [5.74, 6) is 0.909. The van der Waals surface area contributed by atoms with Gasteiger partial charge < -0.3 is 5.73 Å². The van der Waals surface area contributed by atoms with Crippen molar-refractivity contribution >= 4 is 22.9 Å². The summed E-state index contributed by atoms with van der Waals surface area (Å²) < 4.78 is 0.880. The van der Waals surface area contributed by atoms with Crippen LogP contribution < -0.4 is 5.73 Å². The standard InChI is InChI=1S/C15H23ClN2S/c16-15-8-7-14(19-15)13(10-17)18-9-3-5-11-4-1-2-6-12(11)18/h7-8,11-13H,1-6,9-10,17H2. The maximum atomic E-state index is 6.10. The van der Waals surface area contributed by atoms with Crippen molar-refractivity contribution in [2.75, 3.05) is 13.1 Å². The topological polar surface area (TPSA) is 29.3 Å². The van der Waals surface area contributed by atoms with Gasteiger partial charge in [-0.3, -0.25) is 4.90 Å². The Labute approximate surface area is 124 Å². The number of likely N-dealkylation sites (tertiary alicyclic amines) is 1. The molecule has 0 radical (unpaired) electrons. The van der Waals surface area contributed by atoms with E-state index in [9.17, 15) is 0 Å². The highest BCUT2D eigenvalue weighted by molar-refractivity contribution is 7.16. The average molecular weight is 299 g/mol. The lowest BCUT2D eigenvalue weighted by molar-refractivity contribution is 0.0287. The number of piperidine rings is 1. The van der Waals surface area contributed by atoms with Gasteiger partial charge >= 0.3 is 0 Å². The van der Waals surface area contributed by atoms with E-state index in [4.69, 9.17) is 17.3 Å². The maximum Gasteiger partial charge on any atom is 0.0931 e. The summed E-state index contributed by atoms with van der Waals surface area (Å²) in [5.41, 5.74) is 6.09. The van der Waals surface area contributed by atoms with E-state index in [0.717, 1.165) is 16.3 Å². The van der Waals surface area contributed by atoms with Crippen LogP contribution in [0.4, 0.5) is 0 Å². The van der Waals surface area contributed by atoms with Crippen molar-refractivity contribution in [2.45, 2.75) is 50.6 Å². The molecular formula is C15H23ClN2S. The minimum atomic E-state index is 0.378. The maximum absolute atomic E-state index is 6.10. The SMILES string of the molecule is NCC(c1ccc(Cl)s1)N1CCCC2CCCCC21. The van der Waals surface area contributed by atoms with Gasteiger partial charge in [0.2, 0.25) is 0 Å². The van der Waals surface area contributed by atoms with E-state index in [2.05, 4.69) is 11.0 Å². The molecule has 3 rings (SSSR count). The molecule has 19 heavy (non-hydrogen) atoms. The quantitative estimate of drug-likeness (QED) is 0.912. The van der Waals surface area contributed by atoms with Gasteiger partial charge in [-0.1, -0.05) is 24.4 Å². The predicted octanol–water partition coefficient (Wildman–Crippen LogP) is 4.06. The summed E-state index contributed by atoms with van der Waals surface area (Å²) in [6.45, 7) is 1.92. The first kappa shape index (κ1) is 13.9. The third kappa shape index (κ3) is 2.85. The molecule has 0 aromatic carbocycles. The first-order valence-corrected chi connectivity index (χ1v) is 8.70. The van der Waals surface area contributed by atoms with Gasteiger partial charge in [-0.15, -0.1) is 11.3 Å². The van der Waals surface area contributed by atoms with Crippen LogP contribution in [0, 0.1) is 5.92 Å². The molecule has 4 heteroatoms. The Morgan fingerprint density at radius 1 is 1.26 bits per heavy atom. The van der Waals surface area contributed by atoms with E-state index < -0.39 is 0 Å². The molecule has 0 amide bonds. The van der Waals surface area contributed by atoms with Gasteiger partial charge in [0.1, 0.15) is 0 Å². The van der Waals surface area contributed by atoms with Crippen LogP contribution in [0.5, 0.6) is 0 Å². The van der Waals surface area contributed by atoms with Gasteiger partial charge in [-0.05, 0) is 50.3 Å². The molecule has 3 unspecified atom stereocenters. The normalized spacial score (nSPS) is 30.0. The molecular weight excluding hydrogens is 276 g/mol. The van der Waals surface area contributed by atoms with Gasteiger partial charge in [-0.25, -0.2) is 0 Å². The third-order valence-corrected chi connectivity index (χ3v) is 6.16. The van der Waals surface area contributed by atoms with Gasteiger partial charge in [0.15, 0.2) is 0 Å². The van der Waals surface area contributed by atoms with E-state index in [1.165, 1.54) is 49.9 Å². The molecule has 2 heterocycles. The molecule has 1 saturated heterocycles. The van der Waals surface area contributed by atoms with Crippen LogP contribution in [0.25, 0.3) is 0 Å². The molecule has 2 fully saturated rings. The van der Waals surface area contributed by atoms with E-state index in [-0.39, 0.29) is 0 Å². The molecule has 1 saturated carbocycles. The summed E-state index contributed by atoms with van der Waals surface area (Å²) in [6, 6.07) is 5.31.